The summed E-state index contributed by atoms with van der Waals surface area (Å²) in [7, 11) is -1.94. The minimum Gasteiger partial charge on any atom is -0.394 e. The van der Waals surface area contributed by atoms with E-state index in [0.717, 1.165) is 45.2 Å². The minimum atomic E-state index is -1.94. The first kappa shape index (κ1) is 16.1. The second-order valence-corrected chi connectivity index (χ2v) is 7.46. The van der Waals surface area contributed by atoms with Gasteiger partial charge in [0.15, 0.2) is 0 Å². The summed E-state index contributed by atoms with van der Waals surface area (Å²) in [4.78, 5) is 0. The van der Waals surface area contributed by atoms with Gasteiger partial charge in [-0.05, 0) is 25.9 Å². The first-order valence-corrected chi connectivity index (χ1v) is 8.89. The highest BCUT2D eigenvalue weighted by Gasteiger charge is 2.30. The monoisotopic (exact) mass is 248 g/mol. The van der Waals surface area contributed by atoms with E-state index in [1.165, 1.54) is 0 Å². The van der Waals surface area contributed by atoms with Crippen molar-refractivity contribution in [1.29, 1.82) is 0 Å². The Morgan fingerprint density at radius 1 is 1.06 bits per heavy atom. The van der Waals surface area contributed by atoms with E-state index in [1.54, 1.807) is 0 Å². The Balaban J connectivity index is 3.86. The normalized spacial score (nSPS) is 12.0. The first-order chi connectivity index (χ1) is 7.68. The minimum absolute atomic E-state index is 0.684. The van der Waals surface area contributed by atoms with Gasteiger partial charge in [0.2, 0.25) is 0 Å². The van der Waals surface area contributed by atoms with Crippen molar-refractivity contribution in [2.45, 2.75) is 39.3 Å². The SMILES string of the molecule is CCCO[Si](C)(CCNCCN)OCCC. The van der Waals surface area contributed by atoms with Crippen molar-refractivity contribution >= 4 is 8.56 Å². The quantitative estimate of drug-likeness (QED) is 0.429. The predicted molar refractivity (Wildman–Crippen MR) is 70.8 cm³/mol. The van der Waals surface area contributed by atoms with Crippen molar-refractivity contribution in [2.75, 3.05) is 32.8 Å². The van der Waals surface area contributed by atoms with Crippen molar-refractivity contribution < 1.29 is 8.85 Å². The Hall–Kier alpha value is 0.0569. The van der Waals surface area contributed by atoms with Gasteiger partial charge in [-0.2, -0.15) is 0 Å². The van der Waals surface area contributed by atoms with Crippen molar-refractivity contribution in [2.24, 2.45) is 5.73 Å². The van der Waals surface area contributed by atoms with Crippen LogP contribution in [0.4, 0.5) is 0 Å². The summed E-state index contributed by atoms with van der Waals surface area (Å²) in [5, 5.41) is 3.29. The van der Waals surface area contributed by atoms with Crippen LogP contribution < -0.4 is 11.1 Å². The van der Waals surface area contributed by atoms with Crippen molar-refractivity contribution in [1.82, 2.24) is 5.32 Å². The lowest BCUT2D eigenvalue weighted by molar-refractivity contribution is 0.173. The Bertz CT molecular complexity index is 151. The maximum Gasteiger partial charge on any atom is 0.336 e. The fourth-order valence-electron chi connectivity index (χ4n) is 1.36. The zero-order valence-corrected chi connectivity index (χ0v) is 12.1. The van der Waals surface area contributed by atoms with E-state index in [4.69, 9.17) is 14.6 Å². The zero-order chi connectivity index (χ0) is 12.3. The fraction of sp³-hybridized carbons (Fsp3) is 1.00. The number of nitrogens with one attached hydrogen (secondary N) is 1. The third-order valence-corrected chi connectivity index (χ3v) is 5.09. The van der Waals surface area contributed by atoms with E-state index in [-0.39, 0.29) is 0 Å². The maximum absolute atomic E-state index is 5.91. The molecule has 0 saturated heterocycles. The topological polar surface area (TPSA) is 56.5 Å². The van der Waals surface area contributed by atoms with Crippen molar-refractivity contribution in [3.05, 3.63) is 0 Å². The summed E-state index contributed by atoms with van der Waals surface area (Å²) < 4.78 is 11.8. The zero-order valence-electron chi connectivity index (χ0n) is 11.1. The van der Waals surface area contributed by atoms with Crippen LogP contribution in [0.2, 0.25) is 12.6 Å². The standard InChI is InChI=1S/C11H28N2O2Si/c1-4-9-14-16(3,15-10-5-2)11-8-13-7-6-12/h13H,4-12H2,1-3H3. The summed E-state index contributed by atoms with van der Waals surface area (Å²) >= 11 is 0. The molecule has 0 aliphatic rings. The van der Waals surface area contributed by atoms with Gasteiger partial charge in [0.25, 0.3) is 0 Å². The molecule has 0 aromatic rings. The molecule has 0 atom stereocenters. The molecule has 98 valence electrons. The maximum atomic E-state index is 5.91. The predicted octanol–water partition coefficient (Wildman–Crippen LogP) is 1.46. The van der Waals surface area contributed by atoms with Gasteiger partial charge in [-0.25, -0.2) is 0 Å². The third kappa shape index (κ3) is 8.24. The lowest BCUT2D eigenvalue weighted by atomic mass is 10.5. The number of hydrogen-bond donors (Lipinski definition) is 2. The summed E-state index contributed by atoms with van der Waals surface area (Å²) in [5.74, 6) is 0. The van der Waals surface area contributed by atoms with Crippen LogP contribution in [0.1, 0.15) is 26.7 Å². The molecule has 0 bridgehead atoms. The average Bonchev–Trinajstić information content (AvgIpc) is 2.30. The molecule has 5 heteroatoms. The molecule has 4 nitrogen and oxygen atoms in total. The van der Waals surface area contributed by atoms with Gasteiger partial charge in [0.05, 0.1) is 0 Å². The van der Waals surface area contributed by atoms with Gasteiger partial charge in [0, 0.05) is 32.3 Å². The Labute approximate surface area is 101 Å². The van der Waals surface area contributed by atoms with Gasteiger partial charge in [-0.1, -0.05) is 13.8 Å². The fourth-order valence-corrected chi connectivity index (χ4v) is 3.64. The summed E-state index contributed by atoms with van der Waals surface area (Å²) in [6.45, 7) is 10.5. The number of hydrogen-bond acceptors (Lipinski definition) is 4. The average molecular weight is 248 g/mol. The molecular weight excluding hydrogens is 220 g/mol. The van der Waals surface area contributed by atoms with Crippen LogP contribution in [0.25, 0.3) is 0 Å². The molecule has 0 aromatic heterocycles. The number of nitrogens with two attached hydrogens (primary N) is 1. The van der Waals surface area contributed by atoms with E-state index in [0.29, 0.717) is 6.54 Å². The lowest BCUT2D eigenvalue weighted by Crippen LogP contribution is -2.42. The van der Waals surface area contributed by atoms with Gasteiger partial charge in [-0.15, -0.1) is 0 Å². The van der Waals surface area contributed by atoms with E-state index in [9.17, 15) is 0 Å². The third-order valence-electron chi connectivity index (χ3n) is 2.30. The summed E-state index contributed by atoms with van der Waals surface area (Å²) in [5.41, 5.74) is 5.43. The van der Waals surface area contributed by atoms with E-state index in [2.05, 4.69) is 25.7 Å². The molecule has 0 saturated carbocycles. The molecule has 0 rings (SSSR count). The second kappa shape index (κ2) is 10.2. The summed E-state index contributed by atoms with van der Waals surface area (Å²) in [6, 6.07) is 0.993. The van der Waals surface area contributed by atoms with Gasteiger partial charge >= 0.3 is 8.56 Å². The Kier molecular flexibility index (Phi) is 10.3. The Morgan fingerprint density at radius 3 is 2.06 bits per heavy atom. The molecule has 0 fully saturated rings. The molecule has 0 spiro atoms. The largest absolute Gasteiger partial charge is 0.394 e. The molecule has 0 heterocycles. The van der Waals surface area contributed by atoms with E-state index < -0.39 is 8.56 Å². The molecule has 0 aromatic carbocycles. The molecule has 0 radical (unpaired) electrons. The molecule has 0 aliphatic heterocycles. The van der Waals surface area contributed by atoms with Crippen LogP contribution in [0.3, 0.4) is 0 Å². The van der Waals surface area contributed by atoms with Crippen LogP contribution in [0, 0.1) is 0 Å². The molecule has 0 unspecified atom stereocenters. The van der Waals surface area contributed by atoms with Crippen LogP contribution in [-0.4, -0.2) is 41.4 Å². The van der Waals surface area contributed by atoms with Crippen molar-refractivity contribution in [3.63, 3.8) is 0 Å². The highest BCUT2D eigenvalue weighted by atomic mass is 28.4. The molecule has 3 N–H and O–H groups in total. The van der Waals surface area contributed by atoms with Crippen LogP contribution in [0.5, 0.6) is 0 Å². The molecular formula is C11H28N2O2Si. The summed E-state index contributed by atoms with van der Waals surface area (Å²) in [6.07, 6.45) is 2.10. The molecule has 16 heavy (non-hydrogen) atoms. The molecule has 0 amide bonds. The lowest BCUT2D eigenvalue weighted by Gasteiger charge is -2.27. The van der Waals surface area contributed by atoms with Gasteiger partial charge in [-0.3, -0.25) is 0 Å². The number of rotatable bonds is 11. The van der Waals surface area contributed by atoms with Crippen LogP contribution >= 0.6 is 0 Å². The molecule has 0 aliphatic carbocycles. The van der Waals surface area contributed by atoms with Gasteiger partial charge in [0.1, 0.15) is 0 Å². The first-order valence-electron chi connectivity index (χ1n) is 6.37. The Morgan fingerprint density at radius 2 is 1.62 bits per heavy atom. The van der Waals surface area contributed by atoms with Crippen molar-refractivity contribution in [3.8, 4) is 0 Å². The van der Waals surface area contributed by atoms with Crippen LogP contribution in [-0.2, 0) is 8.85 Å². The highest BCUT2D eigenvalue weighted by molar-refractivity contribution is 6.66. The smallest absolute Gasteiger partial charge is 0.336 e. The highest BCUT2D eigenvalue weighted by Crippen LogP contribution is 2.13. The van der Waals surface area contributed by atoms with E-state index >= 15 is 0 Å². The van der Waals surface area contributed by atoms with E-state index in [1.807, 2.05) is 0 Å². The van der Waals surface area contributed by atoms with Crippen LogP contribution in [0.15, 0.2) is 0 Å². The second-order valence-electron chi connectivity index (χ2n) is 4.12. The van der Waals surface area contributed by atoms with Gasteiger partial charge < -0.3 is 19.9 Å².